The van der Waals surface area contributed by atoms with E-state index in [-0.39, 0.29) is 11.6 Å². The molecule has 1 rings (SSSR count). The standard InChI is InChI=1S/C10H10FO/c1-2-3-10(12)8-4-6-9(11)7-5-8/h4-7H,1-3H2. The molecular formula is C10H10FO. The Morgan fingerprint density at radius 1 is 1.33 bits per heavy atom. The van der Waals surface area contributed by atoms with Crippen molar-refractivity contribution in [2.45, 2.75) is 12.8 Å². The first-order chi connectivity index (χ1) is 5.74. The highest BCUT2D eigenvalue weighted by atomic mass is 19.1. The molecule has 0 saturated heterocycles. The lowest BCUT2D eigenvalue weighted by Crippen LogP contribution is -1.97. The van der Waals surface area contributed by atoms with Crippen LogP contribution in [0.15, 0.2) is 24.3 Å². The number of Topliss-reactive ketones (excluding diaryl/α,β-unsaturated/α-hetero) is 1. The average Bonchev–Trinajstić information content (AvgIpc) is 2.06. The monoisotopic (exact) mass is 165 g/mol. The topological polar surface area (TPSA) is 17.1 Å². The molecule has 1 aromatic carbocycles. The third kappa shape index (κ3) is 2.16. The molecule has 1 nitrogen and oxygen atoms in total. The van der Waals surface area contributed by atoms with Gasteiger partial charge in [0.05, 0.1) is 0 Å². The lowest BCUT2D eigenvalue weighted by atomic mass is 10.1. The predicted molar refractivity (Wildman–Crippen MR) is 45.3 cm³/mol. The first-order valence-electron chi connectivity index (χ1n) is 3.82. The Morgan fingerprint density at radius 3 is 2.42 bits per heavy atom. The summed E-state index contributed by atoms with van der Waals surface area (Å²) in [7, 11) is 0. The van der Waals surface area contributed by atoms with Crippen LogP contribution in [-0.4, -0.2) is 5.78 Å². The third-order valence-corrected chi connectivity index (χ3v) is 1.57. The van der Waals surface area contributed by atoms with Gasteiger partial charge in [-0.15, -0.1) is 0 Å². The SMILES string of the molecule is [CH2]CCC(=O)c1ccc(F)cc1. The van der Waals surface area contributed by atoms with Crippen LogP contribution in [0.3, 0.4) is 0 Å². The van der Waals surface area contributed by atoms with Crippen LogP contribution in [0.1, 0.15) is 23.2 Å². The summed E-state index contributed by atoms with van der Waals surface area (Å²) in [6.07, 6.45) is 1.00. The van der Waals surface area contributed by atoms with Crippen LogP contribution in [0.2, 0.25) is 0 Å². The molecule has 63 valence electrons. The van der Waals surface area contributed by atoms with Crippen molar-refractivity contribution in [2.24, 2.45) is 0 Å². The van der Waals surface area contributed by atoms with Gasteiger partial charge in [0, 0.05) is 12.0 Å². The lowest BCUT2D eigenvalue weighted by molar-refractivity contribution is 0.0983. The fraction of sp³-hybridized carbons (Fsp3) is 0.200. The third-order valence-electron chi connectivity index (χ3n) is 1.57. The van der Waals surface area contributed by atoms with Crippen LogP contribution < -0.4 is 0 Å². The van der Waals surface area contributed by atoms with Crippen molar-refractivity contribution in [3.8, 4) is 0 Å². The Morgan fingerprint density at radius 2 is 1.92 bits per heavy atom. The zero-order valence-corrected chi connectivity index (χ0v) is 6.72. The second-order valence-corrected chi connectivity index (χ2v) is 2.53. The molecule has 0 N–H and O–H groups in total. The van der Waals surface area contributed by atoms with Crippen molar-refractivity contribution in [1.29, 1.82) is 0 Å². The van der Waals surface area contributed by atoms with Crippen molar-refractivity contribution in [2.75, 3.05) is 0 Å². The molecule has 2 heteroatoms. The van der Waals surface area contributed by atoms with Crippen LogP contribution in [0, 0.1) is 12.7 Å². The average molecular weight is 165 g/mol. The van der Waals surface area contributed by atoms with E-state index in [1.54, 1.807) is 0 Å². The van der Waals surface area contributed by atoms with Gasteiger partial charge in [0.2, 0.25) is 0 Å². The highest BCUT2D eigenvalue weighted by molar-refractivity contribution is 5.95. The van der Waals surface area contributed by atoms with Crippen LogP contribution >= 0.6 is 0 Å². The highest BCUT2D eigenvalue weighted by Gasteiger charge is 2.02. The minimum absolute atomic E-state index is 0.0185. The minimum atomic E-state index is -0.318. The van der Waals surface area contributed by atoms with Crippen molar-refractivity contribution in [1.82, 2.24) is 0 Å². The van der Waals surface area contributed by atoms with Gasteiger partial charge in [0.15, 0.2) is 5.78 Å². The zero-order chi connectivity index (χ0) is 8.97. The molecule has 0 bridgehead atoms. The van der Waals surface area contributed by atoms with Gasteiger partial charge in [0.1, 0.15) is 5.82 Å². The molecule has 0 saturated carbocycles. The number of benzene rings is 1. The first-order valence-corrected chi connectivity index (χ1v) is 3.82. The molecular weight excluding hydrogens is 155 g/mol. The number of hydrogen-bond acceptors (Lipinski definition) is 1. The maximum Gasteiger partial charge on any atom is 0.162 e. The molecule has 0 aliphatic carbocycles. The molecule has 0 spiro atoms. The molecule has 1 radical (unpaired) electrons. The number of ketones is 1. The van der Waals surface area contributed by atoms with Gasteiger partial charge in [-0.1, -0.05) is 6.92 Å². The van der Waals surface area contributed by atoms with Gasteiger partial charge in [-0.2, -0.15) is 0 Å². The Labute approximate surface area is 71.2 Å². The normalized spacial score (nSPS) is 9.83. The van der Waals surface area contributed by atoms with Gasteiger partial charge < -0.3 is 0 Å². The summed E-state index contributed by atoms with van der Waals surface area (Å²) in [4.78, 5) is 11.2. The second-order valence-electron chi connectivity index (χ2n) is 2.53. The van der Waals surface area contributed by atoms with Crippen LogP contribution in [0.5, 0.6) is 0 Å². The maximum atomic E-state index is 12.4. The van der Waals surface area contributed by atoms with E-state index >= 15 is 0 Å². The first kappa shape index (κ1) is 8.91. The molecule has 0 aromatic heterocycles. The second kappa shape index (κ2) is 4.00. The Balaban J connectivity index is 2.75. The summed E-state index contributed by atoms with van der Waals surface area (Å²) in [5.41, 5.74) is 0.556. The summed E-state index contributed by atoms with van der Waals surface area (Å²) >= 11 is 0. The fourth-order valence-corrected chi connectivity index (χ4v) is 0.941. The Bertz CT molecular complexity index is 264. The number of rotatable bonds is 3. The van der Waals surface area contributed by atoms with E-state index in [4.69, 9.17) is 0 Å². The van der Waals surface area contributed by atoms with Crippen molar-refractivity contribution in [3.05, 3.63) is 42.6 Å². The molecule has 0 amide bonds. The Hall–Kier alpha value is -1.18. The molecule has 0 atom stereocenters. The van der Waals surface area contributed by atoms with Gasteiger partial charge in [0.25, 0.3) is 0 Å². The van der Waals surface area contributed by atoms with E-state index in [0.29, 0.717) is 18.4 Å². The molecule has 0 aliphatic heterocycles. The van der Waals surface area contributed by atoms with E-state index in [1.807, 2.05) is 0 Å². The summed E-state index contributed by atoms with van der Waals surface area (Å²) < 4.78 is 12.4. The van der Waals surface area contributed by atoms with E-state index in [0.717, 1.165) is 0 Å². The van der Waals surface area contributed by atoms with E-state index < -0.39 is 0 Å². The summed E-state index contributed by atoms with van der Waals surface area (Å²) in [5, 5.41) is 0. The summed E-state index contributed by atoms with van der Waals surface area (Å²) in [5.74, 6) is -0.300. The molecule has 0 fully saturated rings. The summed E-state index contributed by atoms with van der Waals surface area (Å²) in [6, 6.07) is 5.56. The van der Waals surface area contributed by atoms with E-state index in [2.05, 4.69) is 6.92 Å². The molecule has 0 heterocycles. The van der Waals surface area contributed by atoms with Crippen molar-refractivity contribution < 1.29 is 9.18 Å². The molecule has 0 aliphatic rings. The van der Waals surface area contributed by atoms with Crippen molar-refractivity contribution >= 4 is 5.78 Å². The summed E-state index contributed by atoms with van der Waals surface area (Å²) in [6.45, 7) is 3.57. The quantitative estimate of drug-likeness (QED) is 0.629. The minimum Gasteiger partial charge on any atom is -0.294 e. The Kier molecular flexibility index (Phi) is 2.97. The van der Waals surface area contributed by atoms with Gasteiger partial charge >= 0.3 is 0 Å². The lowest BCUT2D eigenvalue weighted by Gasteiger charge is -1.97. The largest absolute Gasteiger partial charge is 0.294 e. The van der Waals surface area contributed by atoms with E-state index in [9.17, 15) is 9.18 Å². The molecule has 0 unspecified atom stereocenters. The van der Waals surface area contributed by atoms with Crippen LogP contribution in [-0.2, 0) is 0 Å². The number of hydrogen-bond donors (Lipinski definition) is 0. The van der Waals surface area contributed by atoms with Crippen LogP contribution in [0.4, 0.5) is 4.39 Å². The van der Waals surface area contributed by atoms with Gasteiger partial charge in [-0.3, -0.25) is 4.79 Å². The number of halogens is 1. The highest BCUT2D eigenvalue weighted by Crippen LogP contribution is 2.06. The zero-order valence-electron chi connectivity index (χ0n) is 6.72. The van der Waals surface area contributed by atoms with Crippen molar-refractivity contribution in [3.63, 3.8) is 0 Å². The molecule has 1 aromatic rings. The smallest absolute Gasteiger partial charge is 0.162 e. The van der Waals surface area contributed by atoms with Gasteiger partial charge in [-0.25, -0.2) is 4.39 Å². The number of carbonyl (C=O) groups excluding carboxylic acids is 1. The van der Waals surface area contributed by atoms with Gasteiger partial charge in [-0.05, 0) is 30.7 Å². The maximum absolute atomic E-state index is 12.4. The molecule has 12 heavy (non-hydrogen) atoms. The predicted octanol–water partition coefficient (Wildman–Crippen LogP) is 2.62. The fourth-order valence-electron chi connectivity index (χ4n) is 0.941. The number of carbonyl (C=O) groups is 1. The van der Waals surface area contributed by atoms with E-state index in [1.165, 1.54) is 24.3 Å². The van der Waals surface area contributed by atoms with Crippen LogP contribution in [0.25, 0.3) is 0 Å².